The minimum Gasteiger partial charge on any atom is -0.326 e. The number of nitrogens with zero attached hydrogens (tertiary/aromatic N) is 2. The van der Waals surface area contributed by atoms with Crippen molar-refractivity contribution in [3.05, 3.63) is 35.7 Å². The van der Waals surface area contributed by atoms with E-state index in [1.807, 2.05) is 7.05 Å². The van der Waals surface area contributed by atoms with Crippen LogP contribution in [-0.4, -0.2) is 21.4 Å². The minimum atomic E-state index is 0.538. The molecular formula is C14H18N4. The number of nitrogens with one attached hydrogen (secondary N) is 2. The number of rotatable bonds is 3. The Morgan fingerprint density at radius 2 is 2.22 bits per heavy atom. The first-order chi connectivity index (χ1) is 8.69. The fourth-order valence-electron chi connectivity index (χ4n) is 2.30. The summed E-state index contributed by atoms with van der Waals surface area (Å²) in [5, 5.41) is 3.14. The fraction of sp³-hybridized carbons (Fsp3) is 0.357. The molecule has 2 heterocycles. The molecule has 0 radical (unpaired) electrons. The Labute approximate surface area is 106 Å². The van der Waals surface area contributed by atoms with Crippen molar-refractivity contribution in [2.24, 2.45) is 0 Å². The van der Waals surface area contributed by atoms with Gasteiger partial charge in [-0.05, 0) is 30.7 Å². The van der Waals surface area contributed by atoms with Crippen LogP contribution in [0.5, 0.6) is 0 Å². The smallest absolute Gasteiger partial charge is 0.212 e. The third kappa shape index (κ3) is 1.69. The molecule has 3 rings (SSSR count). The van der Waals surface area contributed by atoms with Gasteiger partial charge in [0.15, 0.2) is 0 Å². The van der Waals surface area contributed by atoms with Gasteiger partial charge < -0.3 is 10.3 Å². The van der Waals surface area contributed by atoms with Crippen LogP contribution in [0.3, 0.4) is 0 Å². The van der Waals surface area contributed by atoms with Gasteiger partial charge in [0.05, 0.1) is 11.0 Å². The molecule has 0 amide bonds. The third-order valence-electron chi connectivity index (χ3n) is 3.30. The second-order valence-electron chi connectivity index (χ2n) is 5.02. The zero-order chi connectivity index (χ0) is 12.7. The first kappa shape index (κ1) is 11.3. The molecular weight excluding hydrogens is 224 g/mol. The van der Waals surface area contributed by atoms with Gasteiger partial charge in [0.1, 0.15) is 0 Å². The molecule has 0 aliphatic heterocycles. The standard InChI is InChI=1S/C14H18N4/c1-9(2)10-4-5-12-13(6-10)18-8-11(7-15-3)16-14(18)17-12/h4-6,8-9,15H,7H2,1-3H3,(H,16,17). The van der Waals surface area contributed by atoms with Crippen molar-refractivity contribution in [1.29, 1.82) is 0 Å². The minimum absolute atomic E-state index is 0.538. The van der Waals surface area contributed by atoms with Gasteiger partial charge in [-0.25, -0.2) is 4.98 Å². The zero-order valence-electron chi connectivity index (χ0n) is 11.0. The Morgan fingerprint density at radius 1 is 1.39 bits per heavy atom. The van der Waals surface area contributed by atoms with Crippen molar-refractivity contribution in [2.45, 2.75) is 26.3 Å². The summed E-state index contributed by atoms with van der Waals surface area (Å²) in [5.41, 5.74) is 4.72. The van der Waals surface area contributed by atoms with E-state index in [9.17, 15) is 0 Å². The summed E-state index contributed by atoms with van der Waals surface area (Å²) < 4.78 is 2.13. The van der Waals surface area contributed by atoms with Crippen molar-refractivity contribution in [1.82, 2.24) is 19.7 Å². The lowest BCUT2D eigenvalue weighted by atomic mass is 10.0. The lowest BCUT2D eigenvalue weighted by molar-refractivity contribution is 0.797. The maximum Gasteiger partial charge on any atom is 0.212 e. The lowest BCUT2D eigenvalue weighted by Gasteiger charge is -2.04. The number of imidazole rings is 2. The summed E-state index contributed by atoms with van der Waals surface area (Å²) in [6.45, 7) is 5.25. The van der Waals surface area contributed by atoms with Crippen LogP contribution in [-0.2, 0) is 6.54 Å². The van der Waals surface area contributed by atoms with E-state index in [2.05, 4.69) is 57.9 Å². The van der Waals surface area contributed by atoms with E-state index in [4.69, 9.17) is 0 Å². The Kier molecular flexibility index (Phi) is 2.59. The van der Waals surface area contributed by atoms with Crippen LogP contribution in [0, 0.1) is 0 Å². The molecule has 1 aromatic carbocycles. The van der Waals surface area contributed by atoms with Crippen molar-refractivity contribution < 1.29 is 0 Å². The van der Waals surface area contributed by atoms with Crippen LogP contribution in [0.4, 0.5) is 0 Å². The molecule has 4 nitrogen and oxygen atoms in total. The summed E-state index contributed by atoms with van der Waals surface area (Å²) in [6.07, 6.45) is 2.12. The topological polar surface area (TPSA) is 45.1 Å². The molecule has 2 aromatic heterocycles. The molecule has 3 aromatic rings. The molecule has 0 bridgehead atoms. The Balaban J connectivity index is 2.21. The van der Waals surface area contributed by atoms with E-state index >= 15 is 0 Å². The van der Waals surface area contributed by atoms with Gasteiger partial charge in [0.2, 0.25) is 5.78 Å². The Hall–Kier alpha value is -1.81. The second kappa shape index (κ2) is 4.14. The van der Waals surface area contributed by atoms with Crippen LogP contribution in [0.2, 0.25) is 0 Å². The summed E-state index contributed by atoms with van der Waals surface area (Å²) in [4.78, 5) is 7.92. The fourth-order valence-corrected chi connectivity index (χ4v) is 2.30. The highest BCUT2D eigenvalue weighted by Crippen LogP contribution is 2.22. The monoisotopic (exact) mass is 242 g/mol. The Bertz CT molecular complexity index is 690. The zero-order valence-corrected chi connectivity index (χ0v) is 11.0. The van der Waals surface area contributed by atoms with Gasteiger partial charge in [0, 0.05) is 18.4 Å². The molecule has 4 heteroatoms. The molecule has 0 saturated heterocycles. The van der Waals surface area contributed by atoms with E-state index in [0.717, 1.165) is 23.5 Å². The maximum absolute atomic E-state index is 4.60. The average Bonchev–Trinajstić information content (AvgIpc) is 2.85. The summed E-state index contributed by atoms with van der Waals surface area (Å²) in [5.74, 6) is 1.45. The second-order valence-corrected chi connectivity index (χ2v) is 5.02. The van der Waals surface area contributed by atoms with E-state index in [0.29, 0.717) is 5.92 Å². The number of aromatic amines is 1. The molecule has 0 fully saturated rings. The van der Waals surface area contributed by atoms with Crippen LogP contribution < -0.4 is 5.32 Å². The van der Waals surface area contributed by atoms with E-state index in [-0.39, 0.29) is 0 Å². The molecule has 0 aliphatic rings. The summed E-state index contributed by atoms with van der Waals surface area (Å²) in [6, 6.07) is 6.49. The van der Waals surface area contributed by atoms with Crippen molar-refractivity contribution in [3.63, 3.8) is 0 Å². The summed E-state index contributed by atoms with van der Waals surface area (Å²) in [7, 11) is 1.94. The lowest BCUT2D eigenvalue weighted by Crippen LogP contribution is -2.04. The van der Waals surface area contributed by atoms with Gasteiger partial charge in [-0.15, -0.1) is 0 Å². The molecule has 2 N–H and O–H groups in total. The van der Waals surface area contributed by atoms with Gasteiger partial charge in [-0.1, -0.05) is 19.9 Å². The highest BCUT2D eigenvalue weighted by molar-refractivity contribution is 5.80. The number of benzene rings is 1. The molecule has 0 aliphatic carbocycles. The molecule has 94 valence electrons. The maximum atomic E-state index is 4.60. The van der Waals surface area contributed by atoms with Crippen LogP contribution >= 0.6 is 0 Å². The van der Waals surface area contributed by atoms with Gasteiger partial charge in [0.25, 0.3) is 0 Å². The highest BCUT2D eigenvalue weighted by Gasteiger charge is 2.09. The van der Waals surface area contributed by atoms with Crippen molar-refractivity contribution in [3.8, 4) is 0 Å². The SMILES string of the molecule is CNCc1cn2c(nc3ccc(C(C)C)cc32)[nH]1. The predicted octanol–water partition coefficient (Wildman–Crippen LogP) is 2.66. The average molecular weight is 242 g/mol. The molecule has 0 saturated carbocycles. The number of hydrogen-bond acceptors (Lipinski definition) is 2. The molecule has 0 spiro atoms. The number of aromatic nitrogens is 3. The largest absolute Gasteiger partial charge is 0.326 e. The first-order valence-electron chi connectivity index (χ1n) is 6.33. The number of fused-ring (bicyclic) bond motifs is 3. The molecule has 18 heavy (non-hydrogen) atoms. The van der Waals surface area contributed by atoms with Crippen molar-refractivity contribution in [2.75, 3.05) is 7.05 Å². The third-order valence-corrected chi connectivity index (χ3v) is 3.30. The molecule has 0 atom stereocenters. The highest BCUT2D eigenvalue weighted by atomic mass is 15.1. The predicted molar refractivity (Wildman–Crippen MR) is 73.9 cm³/mol. The van der Waals surface area contributed by atoms with E-state index in [1.54, 1.807) is 0 Å². The molecule has 0 unspecified atom stereocenters. The van der Waals surface area contributed by atoms with Gasteiger partial charge in [-0.2, -0.15) is 0 Å². The summed E-state index contributed by atoms with van der Waals surface area (Å²) >= 11 is 0. The first-order valence-corrected chi connectivity index (χ1v) is 6.33. The van der Waals surface area contributed by atoms with E-state index < -0.39 is 0 Å². The number of H-pyrrole nitrogens is 1. The van der Waals surface area contributed by atoms with Gasteiger partial charge >= 0.3 is 0 Å². The quantitative estimate of drug-likeness (QED) is 0.741. The van der Waals surface area contributed by atoms with Crippen LogP contribution in [0.1, 0.15) is 31.0 Å². The van der Waals surface area contributed by atoms with Crippen LogP contribution in [0.25, 0.3) is 16.8 Å². The number of hydrogen-bond donors (Lipinski definition) is 2. The van der Waals surface area contributed by atoms with Crippen LogP contribution in [0.15, 0.2) is 24.4 Å². The van der Waals surface area contributed by atoms with E-state index in [1.165, 1.54) is 11.1 Å². The normalized spacial score (nSPS) is 12.0. The Morgan fingerprint density at radius 3 is 2.94 bits per heavy atom. The van der Waals surface area contributed by atoms with Gasteiger partial charge in [-0.3, -0.25) is 4.40 Å². The van der Waals surface area contributed by atoms with Crippen molar-refractivity contribution >= 4 is 16.8 Å².